The minimum absolute atomic E-state index is 0.328. The van der Waals surface area contributed by atoms with Crippen molar-refractivity contribution >= 4 is 32.6 Å². The molecule has 0 aliphatic rings. The van der Waals surface area contributed by atoms with Gasteiger partial charge in [-0.05, 0) is 30.7 Å². The van der Waals surface area contributed by atoms with Crippen molar-refractivity contribution in [2.75, 3.05) is 5.32 Å². The van der Waals surface area contributed by atoms with Crippen LogP contribution in [0, 0.1) is 18.3 Å². The summed E-state index contributed by atoms with van der Waals surface area (Å²) >= 11 is 1.53. The summed E-state index contributed by atoms with van der Waals surface area (Å²) in [7, 11) is 0. The van der Waals surface area contributed by atoms with E-state index in [4.69, 9.17) is 5.26 Å². The smallest absolute Gasteiger partial charge is 0.230 e. The standard InChI is InChI=1S/C13H9N5S/c1-8-2-3-10-11(6-8)19-13(17-10)18-12-15-5-4-9(7-14)16-12/h2-6H,1H3,(H,15,16,17,18). The SMILES string of the molecule is Cc1ccc2nc(Nc3nccc(C#N)n3)sc2c1. The van der Waals surface area contributed by atoms with Crippen LogP contribution in [-0.4, -0.2) is 15.0 Å². The van der Waals surface area contributed by atoms with Gasteiger partial charge in [-0.3, -0.25) is 5.32 Å². The Bertz CT molecular complexity index is 787. The van der Waals surface area contributed by atoms with Gasteiger partial charge in [0.2, 0.25) is 5.95 Å². The second-order valence-electron chi connectivity index (χ2n) is 3.99. The van der Waals surface area contributed by atoms with Crippen molar-refractivity contribution < 1.29 is 0 Å². The summed E-state index contributed by atoms with van der Waals surface area (Å²) in [5.74, 6) is 0.384. The predicted octanol–water partition coefficient (Wildman–Crippen LogP) is 3.01. The average molecular weight is 267 g/mol. The number of nitrogens with one attached hydrogen (secondary N) is 1. The van der Waals surface area contributed by atoms with Crippen LogP contribution in [0.4, 0.5) is 11.1 Å². The molecule has 1 aromatic carbocycles. The van der Waals surface area contributed by atoms with E-state index in [9.17, 15) is 0 Å². The third kappa shape index (κ3) is 2.37. The third-order valence-electron chi connectivity index (χ3n) is 2.53. The zero-order valence-corrected chi connectivity index (χ0v) is 10.9. The van der Waals surface area contributed by atoms with Crippen molar-refractivity contribution in [3.63, 3.8) is 0 Å². The Labute approximate surface area is 113 Å². The highest BCUT2D eigenvalue weighted by atomic mass is 32.1. The first-order chi connectivity index (χ1) is 9.24. The number of nitriles is 1. The van der Waals surface area contributed by atoms with Crippen LogP contribution in [0.2, 0.25) is 0 Å². The number of fused-ring (bicyclic) bond motifs is 1. The first-order valence-electron chi connectivity index (χ1n) is 5.62. The Morgan fingerprint density at radius 2 is 2.16 bits per heavy atom. The Kier molecular flexibility index (Phi) is 2.82. The molecule has 2 heterocycles. The molecule has 3 aromatic rings. The highest BCUT2D eigenvalue weighted by Gasteiger charge is 2.06. The fourth-order valence-corrected chi connectivity index (χ4v) is 2.62. The van der Waals surface area contributed by atoms with E-state index in [-0.39, 0.29) is 0 Å². The van der Waals surface area contributed by atoms with Crippen LogP contribution in [0.15, 0.2) is 30.5 Å². The van der Waals surface area contributed by atoms with Crippen LogP contribution in [0.3, 0.4) is 0 Å². The van der Waals surface area contributed by atoms with Gasteiger partial charge in [0.1, 0.15) is 11.8 Å². The second kappa shape index (κ2) is 4.63. The average Bonchev–Trinajstić information content (AvgIpc) is 2.80. The molecule has 0 saturated heterocycles. The van der Waals surface area contributed by atoms with E-state index in [0.717, 1.165) is 15.3 Å². The van der Waals surface area contributed by atoms with Crippen LogP contribution in [0.25, 0.3) is 10.2 Å². The number of anilines is 2. The number of hydrogen-bond donors (Lipinski definition) is 1. The lowest BCUT2D eigenvalue weighted by Gasteiger charge is -1.98. The summed E-state index contributed by atoms with van der Waals surface area (Å²) in [6.45, 7) is 2.05. The lowest BCUT2D eigenvalue weighted by atomic mass is 10.2. The molecular formula is C13H9N5S. The van der Waals surface area contributed by atoms with Gasteiger partial charge >= 0.3 is 0 Å². The van der Waals surface area contributed by atoms with Crippen LogP contribution >= 0.6 is 11.3 Å². The minimum atomic E-state index is 0.328. The van der Waals surface area contributed by atoms with Gasteiger partial charge in [0.05, 0.1) is 10.2 Å². The van der Waals surface area contributed by atoms with E-state index in [2.05, 4.69) is 26.3 Å². The highest BCUT2D eigenvalue weighted by Crippen LogP contribution is 2.27. The molecule has 0 bridgehead atoms. The Hall–Kier alpha value is -2.52. The Balaban J connectivity index is 1.94. The summed E-state index contributed by atoms with van der Waals surface area (Å²) in [6, 6.07) is 9.64. The topological polar surface area (TPSA) is 74.5 Å². The molecule has 3 rings (SSSR count). The summed E-state index contributed by atoms with van der Waals surface area (Å²) in [5.41, 5.74) is 2.47. The molecule has 0 aliphatic heterocycles. The maximum Gasteiger partial charge on any atom is 0.230 e. The van der Waals surface area contributed by atoms with Crippen molar-refractivity contribution in [2.45, 2.75) is 6.92 Å². The first-order valence-corrected chi connectivity index (χ1v) is 6.43. The molecule has 2 aromatic heterocycles. The lowest BCUT2D eigenvalue weighted by molar-refractivity contribution is 1.14. The minimum Gasteiger partial charge on any atom is -0.300 e. The van der Waals surface area contributed by atoms with Crippen LogP contribution in [0.5, 0.6) is 0 Å². The molecule has 0 aliphatic carbocycles. The van der Waals surface area contributed by atoms with Gasteiger partial charge in [0.15, 0.2) is 5.13 Å². The van der Waals surface area contributed by atoms with Gasteiger partial charge in [-0.2, -0.15) is 5.26 Å². The number of benzene rings is 1. The van der Waals surface area contributed by atoms with Crippen molar-refractivity contribution in [3.05, 3.63) is 41.7 Å². The van der Waals surface area contributed by atoms with E-state index < -0.39 is 0 Å². The number of thiazole rings is 1. The molecule has 0 fully saturated rings. The number of aryl methyl sites for hydroxylation is 1. The van der Waals surface area contributed by atoms with E-state index in [1.807, 2.05) is 25.1 Å². The molecule has 1 N–H and O–H groups in total. The molecule has 0 unspecified atom stereocenters. The van der Waals surface area contributed by atoms with Gasteiger partial charge in [-0.25, -0.2) is 15.0 Å². The Morgan fingerprint density at radius 1 is 1.26 bits per heavy atom. The molecule has 0 spiro atoms. The van der Waals surface area contributed by atoms with Gasteiger partial charge in [0.25, 0.3) is 0 Å². The lowest BCUT2D eigenvalue weighted by Crippen LogP contribution is -1.97. The molecule has 0 amide bonds. The summed E-state index contributed by atoms with van der Waals surface area (Å²) in [5, 5.41) is 12.5. The summed E-state index contributed by atoms with van der Waals surface area (Å²) in [6.07, 6.45) is 1.55. The fourth-order valence-electron chi connectivity index (χ4n) is 1.66. The number of nitrogens with zero attached hydrogens (tertiary/aromatic N) is 4. The van der Waals surface area contributed by atoms with Crippen molar-refractivity contribution in [3.8, 4) is 6.07 Å². The summed E-state index contributed by atoms with van der Waals surface area (Å²) < 4.78 is 1.11. The van der Waals surface area contributed by atoms with Gasteiger partial charge in [-0.1, -0.05) is 17.4 Å². The monoisotopic (exact) mass is 267 g/mol. The van der Waals surface area contributed by atoms with Crippen LogP contribution < -0.4 is 5.32 Å². The molecule has 92 valence electrons. The second-order valence-corrected chi connectivity index (χ2v) is 5.02. The molecule has 5 nitrogen and oxygen atoms in total. The quantitative estimate of drug-likeness (QED) is 0.772. The largest absolute Gasteiger partial charge is 0.300 e. The van der Waals surface area contributed by atoms with Crippen molar-refractivity contribution in [1.82, 2.24) is 15.0 Å². The maximum atomic E-state index is 8.79. The number of hydrogen-bond acceptors (Lipinski definition) is 6. The molecular weight excluding hydrogens is 258 g/mol. The number of rotatable bonds is 2. The zero-order valence-electron chi connectivity index (χ0n) is 10.1. The zero-order chi connectivity index (χ0) is 13.2. The fraction of sp³-hybridized carbons (Fsp3) is 0.0769. The molecule has 0 atom stereocenters. The third-order valence-corrected chi connectivity index (χ3v) is 3.47. The van der Waals surface area contributed by atoms with Crippen molar-refractivity contribution in [2.24, 2.45) is 0 Å². The van der Waals surface area contributed by atoms with E-state index in [1.54, 1.807) is 12.3 Å². The molecule has 6 heteroatoms. The summed E-state index contributed by atoms with van der Waals surface area (Å²) in [4.78, 5) is 12.6. The van der Waals surface area contributed by atoms with Crippen LogP contribution in [-0.2, 0) is 0 Å². The predicted molar refractivity (Wildman–Crippen MR) is 74.4 cm³/mol. The number of aromatic nitrogens is 3. The van der Waals surface area contributed by atoms with E-state index in [0.29, 0.717) is 11.6 Å². The Morgan fingerprint density at radius 3 is 3.00 bits per heavy atom. The molecule has 19 heavy (non-hydrogen) atoms. The first kappa shape index (κ1) is 11.6. The highest BCUT2D eigenvalue weighted by molar-refractivity contribution is 7.22. The van der Waals surface area contributed by atoms with Gasteiger partial charge in [-0.15, -0.1) is 0 Å². The maximum absolute atomic E-state index is 8.79. The van der Waals surface area contributed by atoms with E-state index >= 15 is 0 Å². The van der Waals surface area contributed by atoms with Gasteiger partial charge in [0, 0.05) is 6.20 Å². The van der Waals surface area contributed by atoms with Gasteiger partial charge < -0.3 is 0 Å². The van der Waals surface area contributed by atoms with E-state index in [1.165, 1.54) is 16.9 Å². The normalized spacial score (nSPS) is 10.3. The molecule has 0 radical (unpaired) electrons. The van der Waals surface area contributed by atoms with Crippen molar-refractivity contribution in [1.29, 1.82) is 5.26 Å². The molecule has 0 saturated carbocycles. The van der Waals surface area contributed by atoms with Crippen LogP contribution in [0.1, 0.15) is 11.3 Å².